The van der Waals surface area contributed by atoms with E-state index in [9.17, 15) is 13.6 Å². The maximum Gasteiger partial charge on any atom is 0.379 e. The summed E-state index contributed by atoms with van der Waals surface area (Å²) in [7, 11) is 1.20. The molecule has 0 saturated heterocycles. The van der Waals surface area contributed by atoms with Crippen LogP contribution in [0, 0.1) is 0 Å². The van der Waals surface area contributed by atoms with Crippen molar-refractivity contribution in [2.45, 2.75) is 5.38 Å². The second-order valence-corrected chi connectivity index (χ2v) is 3.75. The van der Waals surface area contributed by atoms with Crippen LogP contribution in [-0.4, -0.2) is 23.0 Å². The summed E-state index contributed by atoms with van der Waals surface area (Å²) in [6.07, 6.45) is 0. The number of hydrogen-bond acceptors (Lipinski definition) is 3. The van der Waals surface area contributed by atoms with E-state index in [1.165, 1.54) is 25.3 Å². The summed E-state index contributed by atoms with van der Waals surface area (Å²) in [6.45, 7) is 0. The Morgan fingerprint density at radius 2 is 2.24 bits per heavy atom. The van der Waals surface area contributed by atoms with Crippen molar-refractivity contribution < 1.29 is 18.3 Å². The monoisotopic (exact) mass is 260 g/mol. The van der Waals surface area contributed by atoms with Crippen molar-refractivity contribution in [2.75, 3.05) is 7.11 Å². The standard InChI is InChI=1S/C10H7ClF2N2O2/c1-17-8(16)5-3-2-4-6-7(5)15-9(14-6)10(11,12)13/h2-4H,1H3,(H,14,15). The number of benzene rings is 1. The van der Waals surface area contributed by atoms with Crippen LogP contribution in [0.3, 0.4) is 0 Å². The third-order valence-electron chi connectivity index (χ3n) is 2.19. The lowest BCUT2D eigenvalue weighted by molar-refractivity contribution is 0.0602. The van der Waals surface area contributed by atoms with Gasteiger partial charge < -0.3 is 9.72 Å². The molecule has 0 aliphatic rings. The fourth-order valence-electron chi connectivity index (χ4n) is 1.44. The summed E-state index contributed by atoms with van der Waals surface area (Å²) in [4.78, 5) is 17.4. The predicted octanol–water partition coefficient (Wildman–Crippen LogP) is 2.64. The van der Waals surface area contributed by atoms with Gasteiger partial charge in [-0.3, -0.25) is 0 Å². The largest absolute Gasteiger partial charge is 0.465 e. The van der Waals surface area contributed by atoms with Gasteiger partial charge in [0, 0.05) is 0 Å². The van der Waals surface area contributed by atoms with Crippen LogP contribution in [0.5, 0.6) is 0 Å². The first-order valence-electron chi connectivity index (χ1n) is 4.57. The Bertz CT molecular complexity index is 577. The zero-order valence-electron chi connectivity index (χ0n) is 8.63. The first kappa shape index (κ1) is 11.8. The summed E-state index contributed by atoms with van der Waals surface area (Å²) >= 11 is 4.85. The Morgan fingerprint density at radius 1 is 1.53 bits per heavy atom. The zero-order valence-corrected chi connectivity index (χ0v) is 9.39. The van der Waals surface area contributed by atoms with Crippen LogP contribution >= 0.6 is 11.6 Å². The van der Waals surface area contributed by atoms with Crippen molar-refractivity contribution in [2.24, 2.45) is 0 Å². The number of rotatable bonds is 2. The van der Waals surface area contributed by atoms with Gasteiger partial charge in [-0.2, -0.15) is 8.78 Å². The fourth-order valence-corrected chi connectivity index (χ4v) is 1.53. The van der Waals surface area contributed by atoms with Crippen molar-refractivity contribution >= 4 is 28.6 Å². The number of ether oxygens (including phenoxy) is 1. The van der Waals surface area contributed by atoms with E-state index in [4.69, 9.17) is 11.6 Å². The molecule has 0 fully saturated rings. The SMILES string of the molecule is COC(=O)c1cccc2[nH]c(C(F)(F)Cl)nc12. The van der Waals surface area contributed by atoms with Crippen LogP contribution in [0.15, 0.2) is 18.2 Å². The van der Waals surface area contributed by atoms with Gasteiger partial charge in [0.15, 0.2) is 5.82 Å². The molecule has 2 rings (SSSR count). The highest BCUT2D eigenvalue weighted by atomic mass is 35.5. The molecule has 0 saturated carbocycles. The van der Waals surface area contributed by atoms with Gasteiger partial charge in [0.2, 0.25) is 0 Å². The predicted molar refractivity (Wildman–Crippen MR) is 57.2 cm³/mol. The van der Waals surface area contributed by atoms with Gasteiger partial charge in [-0.1, -0.05) is 6.07 Å². The molecule has 1 aromatic heterocycles. The number of aromatic nitrogens is 2. The Kier molecular flexibility index (Phi) is 2.74. The molecule has 0 radical (unpaired) electrons. The molecule has 0 amide bonds. The highest BCUT2D eigenvalue weighted by molar-refractivity contribution is 6.21. The van der Waals surface area contributed by atoms with E-state index in [1.807, 2.05) is 0 Å². The summed E-state index contributed by atoms with van der Waals surface area (Å²) in [5.41, 5.74) is 0.506. The van der Waals surface area contributed by atoms with Gasteiger partial charge in [0.1, 0.15) is 5.52 Å². The molecule has 17 heavy (non-hydrogen) atoms. The molecule has 2 aromatic rings. The highest BCUT2D eigenvalue weighted by Gasteiger charge is 2.32. The van der Waals surface area contributed by atoms with Crippen molar-refractivity contribution in [3.8, 4) is 0 Å². The van der Waals surface area contributed by atoms with Gasteiger partial charge in [0.25, 0.3) is 0 Å². The Labute approximate surface area is 99.5 Å². The molecule has 1 heterocycles. The number of carbonyl (C=O) groups excluding carboxylic acids is 1. The molecule has 0 spiro atoms. The molecule has 90 valence electrons. The molecule has 1 aromatic carbocycles. The number of para-hydroxylation sites is 1. The van der Waals surface area contributed by atoms with Gasteiger partial charge in [-0.25, -0.2) is 9.78 Å². The van der Waals surface area contributed by atoms with E-state index in [1.54, 1.807) is 0 Å². The summed E-state index contributed by atoms with van der Waals surface area (Å²) in [5.74, 6) is -1.35. The molecule has 0 bridgehead atoms. The number of fused-ring (bicyclic) bond motifs is 1. The maximum absolute atomic E-state index is 12.9. The number of hydrogen-bond donors (Lipinski definition) is 1. The molecule has 0 aliphatic carbocycles. The number of esters is 1. The van der Waals surface area contributed by atoms with Crippen LogP contribution < -0.4 is 0 Å². The Morgan fingerprint density at radius 3 is 2.82 bits per heavy atom. The van der Waals surface area contributed by atoms with Crippen LogP contribution in [0.25, 0.3) is 11.0 Å². The number of carbonyl (C=O) groups is 1. The lowest BCUT2D eigenvalue weighted by Crippen LogP contribution is -2.06. The minimum absolute atomic E-state index is 0.105. The molecule has 0 aliphatic heterocycles. The first-order chi connectivity index (χ1) is 7.93. The third-order valence-corrected chi connectivity index (χ3v) is 2.37. The molecule has 1 N–H and O–H groups in total. The molecule has 0 atom stereocenters. The molecular formula is C10H7ClF2N2O2. The number of methoxy groups -OCH3 is 1. The zero-order chi connectivity index (χ0) is 12.6. The van der Waals surface area contributed by atoms with E-state index in [0.29, 0.717) is 5.52 Å². The topological polar surface area (TPSA) is 55.0 Å². The number of nitrogens with one attached hydrogen (secondary N) is 1. The number of aromatic amines is 1. The highest BCUT2D eigenvalue weighted by Crippen LogP contribution is 2.32. The van der Waals surface area contributed by atoms with E-state index in [2.05, 4.69) is 14.7 Å². The Balaban J connectivity index is 2.65. The minimum atomic E-state index is -3.60. The summed E-state index contributed by atoms with van der Waals surface area (Å²) in [5, 5.41) is -3.60. The lowest BCUT2D eigenvalue weighted by Gasteiger charge is -2.01. The van der Waals surface area contributed by atoms with Crippen molar-refractivity contribution in [1.82, 2.24) is 9.97 Å². The maximum atomic E-state index is 12.9. The third kappa shape index (κ3) is 2.08. The van der Waals surface area contributed by atoms with Gasteiger partial charge >= 0.3 is 11.4 Å². The van der Waals surface area contributed by atoms with E-state index >= 15 is 0 Å². The van der Waals surface area contributed by atoms with Crippen LogP contribution in [0.1, 0.15) is 16.2 Å². The average molecular weight is 261 g/mol. The van der Waals surface area contributed by atoms with Crippen molar-refractivity contribution in [1.29, 1.82) is 0 Å². The number of H-pyrrole nitrogens is 1. The summed E-state index contributed by atoms with van der Waals surface area (Å²) < 4.78 is 30.3. The average Bonchev–Trinajstić information content (AvgIpc) is 2.71. The Hall–Kier alpha value is -1.69. The number of alkyl halides is 3. The van der Waals surface area contributed by atoms with E-state index < -0.39 is 17.2 Å². The normalized spacial score (nSPS) is 11.8. The second-order valence-electron chi connectivity index (χ2n) is 3.28. The molecule has 4 nitrogen and oxygen atoms in total. The van der Waals surface area contributed by atoms with Gasteiger partial charge in [0.05, 0.1) is 18.2 Å². The van der Waals surface area contributed by atoms with Gasteiger partial charge in [-0.15, -0.1) is 0 Å². The molecular weight excluding hydrogens is 254 g/mol. The smallest absolute Gasteiger partial charge is 0.379 e. The van der Waals surface area contributed by atoms with Crippen LogP contribution in [0.4, 0.5) is 8.78 Å². The van der Waals surface area contributed by atoms with Crippen molar-refractivity contribution in [3.63, 3.8) is 0 Å². The van der Waals surface area contributed by atoms with Gasteiger partial charge in [-0.05, 0) is 23.7 Å². The first-order valence-corrected chi connectivity index (χ1v) is 4.95. The van der Waals surface area contributed by atoms with Crippen LogP contribution in [-0.2, 0) is 10.1 Å². The van der Waals surface area contributed by atoms with Crippen LogP contribution in [0.2, 0.25) is 0 Å². The lowest BCUT2D eigenvalue weighted by atomic mass is 10.2. The number of imidazole rings is 1. The fraction of sp³-hybridized carbons (Fsp3) is 0.200. The second kappa shape index (κ2) is 3.96. The minimum Gasteiger partial charge on any atom is -0.465 e. The summed E-state index contributed by atoms with van der Waals surface area (Å²) in [6, 6.07) is 4.48. The number of nitrogens with zero attached hydrogens (tertiary/aromatic N) is 1. The molecule has 7 heteroatoms. The van der Waals surface area contributed by atoms with Crippen molar-refractivity contribution in [3.05, 3.63) is 29.6 Å². The quantitative estimate of drug-likeness (QED) is 0.667. The molecule has 0 unspecified atom stereocenters. The van der Waals surface area contributed by atoms with E-state index in [0.717, 1.165) is 0 Å². The number of halogens is 3. The van der Waals surface area contributed by atoms with E-state index in [-0.39, 0.29) is 11.1 Å².